The van der Waals surface area contributed by atoms with Gasteiger partial charge in [0, 0.05) is 24.9 Å². The lowest BCUT2D eigenvalue weighted by Crippen LogP contribution is -2.36. The molecule has 0 aromatic heterocycles. The van der Waals surface area contributed by atoms with Gasteiger partial charge in [-0.2, -0.15) is 0 Å². The lowest BCUT2D eigenvalue weighted by atomic mass is 10.1. The van der Waals surface area contributed by atoms with Crippen molar-refractivity contribution in [1.82, 2.24) is 4.90 Å². The van der Waals surface area contributed by atoms with E-state index in [1.165, 1.54) is 12.8 Å². The summed E-state index contributed by atoms with van der Waals surface area (Å²) in [5, 5.41) is 0. The topological polar surface area (TPSA) is 20.3 Å². The summed E-state index contributed by atoms with van der Waals surface area (Å²) in [6.45, 7) is 3.51. The van der Waals surface area contributed by atoms with Crippen LogP contribution in [-0.4, -0.2) is 29.8 Å². The Hall–Kier alpha value is -0.240. The standard InChI is InChI=1S/C10H18ClNO/c1-2-12(8-7-11)10(13)9-5-3-4-6-9/h9H,2-8H2,1H3. The molecular weight excluding hydrogens is 186 g/mol. The van der Waals surface area contributed by atoms with Crippen molar-refractivity contribution in [2.24, 2.45) is 5.92 Å². The van der Waals surface area contributed by atoms with Crippen molar-refractivity contribution in [2.45, 2.75) is 32.6 Å². The highest BCUT2D eigenvalue weighted by Crippen LogP contribution is 2.26. The number of halogens is 1. The predicted molar refractivity (Wildman–Crippen MR) is 54.9 cm³/mol. The Morgan fingerprint density at radius 3 is 2.54 bits per heavy atom. The molecule has 0 N–H and O–H groups in total. The minimum absolute atomic E-state index is 0.295. The summed E-state index contributed by atoms with van der Waals surface area (Å²) in [6.07, 6.45) is 4.60. The van der Waals surface area contributed by atoms with Crippen LogP contribution >= 0.6 is 11.6 Å². The third-order valence-corrected chi connectivity index (χ3v) is 2.92. The molecule has 0 bridgehead atoms. The van der Waals surface area contributed by atoms with Gasteiger partial charge in [0.15, 0.2) is 0 Å². The molecule has 1 saturated carbocycles. The van der Waals surface area contributed by atoms with E-state index in [0.29, 0.717) is 24.2 Å². The van der Waals surface area contributed by atoms with Crippen LogP contribution in [0.3, 0.4) is 0 Å². The molecule has 0 aromatic carbocycles. The molecule has 0 atom stereocenters. The van der Waals surface area contributed by atoms with Gasteiger partial charge < -0.3 is 4.90 Å². The first-order valence-corrected chi connectivity index (χ1v) is 5.67. The maximum Gasteiger partial charge on any atom is 0.225 e. The fraction of sp³-hybridized carbons (Fsp3) is 0.900. The molecule has 1 amide bonds. The number of rotatable bonds is 4. The van der Waals surface area contributed by atoms with Gasteiger partial charge in [-0.15, -0.1) is 11.6 Å². The Morgan fingerprint density at radius 2 is 2.08 bits per heavy atom. The fourth-order valence-corrected chi connectivity index (χ4v) is 2.16. The number of carbonyl (C=O) groups excluding carboxylic acids is 1. The van der Waals surface area contributed by atoms with E-state index in [9.17, 15) is 4.79 Å². The molecule has 0 aliphatic heterocycles. The van der Waals surface area contributed by atoms with Crippen molar-refractivity contribution < 1.29 is 4.79 Å². The highest BCUT2D eigenvalue weighted by molar-refractivity contribution is 6.18. The van der Waals surface area contributed by atoms with Crippen LogP contribution in [-0.2, 0) is 4.79 Å². The average Bonchev–Trinajstić information content (AvgIpc) is 2.65. The van der Waals surface area contributed by atoms with E-state index in [4.69, 9.17) is 11.6 Å². The van der Waals surface area contributed by atoms with Gasteiger partial charge >= 0.3 is 0 Å². The molecule has 0 saturated heterocycles. The third kappa shape index (κ3) is 2.87. The maximum atomic E-state index is 11.8. The van der Waals surface area contributed by atoms with E-state index in [2.05, 4.69) is 0 Å². The largest absolute Gasteiger partial charge is 0.342 e. The summed E-state index contributed by atoms with van der Waals surface area (Å²) in [6, 6.07) is 0. The Bertz CT molecular complexity index is 166. The first-order valence-electron chi connectivity index (χ1n) is 5.14. The molecule has 1 aliphatic carbocycles. The highest BCUT2D eigenvalue weighted by atomic mass is 35.5. The van der Waals surface area contributed by atoms with Crippen LogP contribution in [0.5, 0.6) is 0 Å². The van der Waals surface area contributed by atoms with Gasteiger partial charge in [0.1, 0.15) is 0 Å². The molecule has 3 heteroatoms. The Morgan fingerprint density at radius 1 is 1.46 bits per heavy atom. The van der Waals surface area contributed by atoms with Gasteiger partial charge in [-0.1, -0.05) is 12.8 Å². The van der Waals surface area contributed by atoms with Gasteiger partial charge in [-0.25, -0.2) is 0 Å². The lowest BCUT2D eigenvalue weighted by Gasteiger charge is -2.22. The summed E-state index contributed by atoms with van der Waals surface area (Å²) >= 11 is 5.63. The molecule has 0 unspecified atom stereocenters. The molecule has 0 radical (unpaired) electrons. The second-order valence-corrected chi connectivity index (χ2v) is 3.97. The van der Waals surface area contributed by atoms with Crippen molar-refractivity contribution >= 4 is 17.5 Å². The molecule has 1 rings (SSSR count). The zero-order valence-electron chi connectivity index (χ0n) is 8.26. The van der Waals surface area contributed by atoms with Gasteiger partial charge in [-0.05, 0) is 19.8 Å². The molecule has 1 aliphatic rings. The van der Waals surface area contributed by atoms with E-state index < -0.39 is 0 Å². The van der Waals surface area contributed by atoms with Crippen molar-refractivity contribution in [3.05, 3.63) is 0 Å². The van der Waals surface area contributed by atoms with E-state index in [-0.39, 0.29) is 0 Å². The zero-order valence-corrected chi connectivity index (χ0v) is 9.02. The Balaban J connectivity index is 2.42. The van der Waals surface area contributed by atoms with Crippen LogP contribution in [0.15, 0.2) is 0 Å². The van der Waals surface area contributed by atoms with Gasteiger partial charge in [0.05, 0.1) is 0 Å². The first kappa shape index (κ1) is 10.8. The van der Waals surface area contributed by atoms with Crippen LogP contribution in [0.4, 0.5) is 0 Å². The smallest absolute Gasteiger partial charge is 0.225 e. The lowest BCUT2D eigenvalue weighted by molar-refractivity contribution is -0.134. The second kappa shape index (κ2) is 5.48. The van der Waals surface area contributed by atoms with E-state index in [1.807, 2.05) is 11.8 Å². The van der Waals surface area contributed by atoms with E-state index >= 15 is 0 Å². The number of alkyl halides is 1. The van der Waals surface area contributed by atoms with Crippen molar-refractivity contribution in [3.8, 4) is 0 Å². The quantitative estimate of drug-likeness (QED) is 0.642. The number of hydrogen-bond acceptors (Lipinski definition) is 1. The number of hydrogen-bond donors (Lipinski definition) is 0. The third-order valence-electron chi connectivity index (χ3n) is 2.75. The summed E-state index contributed by atoms with van der Waals surface area (Å²) in [7, 11) is 0. The van der Waals surface area contributed by atoms with Crippen LogP contribution in [0.25, 0.3) is 0 Å². The number of carbonyl (C=O) groups is 1. The predicted octanol–water partition coefficient (Wildman–Crippen LogP) is 2.26. The zero-order chi connectivity index (χ0) is 9.68. The molecule has 1 fully saturated rings. The molecule has 2 nitrogen and oxygen atoms in total. The number of amides is 1. The summed E-state index contributed by atoms with van der Waals surface area (Å²) in [4.78, 5) is 13.7. The normalized spacial score (nSPS) is 17.7. The van der Waals surface area contributed by atoms with Crippen LogP contribution < -0.4 is 0 Å². The molecule has 0 aromatic rings. The Labute approximate surface area is 85.2 Å². The van der Waals surface area contributed by atoms with Crippen molar-refractivity contribution in [2.75, 3.05) is 19.0 Å². The summed E-state index contributed by atoms with van der Waals surface area (Å²) < 4.78 is 0. The molecule has 13 heavy (non-hydrogen) atoms. The van der Waals surface area contributed by atoms with E-state index in [0.717, 1.165) is 19.4 Å². The minimum atomic E-state index is 0.295. The van der Waals surface area contributed by atoms with E-state index in [1.54, 1.807) is 0 Å². The molecule has 76 valence electrons. The van der Waals surface area contributed by atoms with Crippen LogP contribution in [0.2, 0.25) is 0 Å². The van der Waals surface area contributed by atoms with Gasteiger partial charge in [0.25, 0.3) is 0 Å². The first-order chi connectivity index (χ1) is 6.29. The monoisotopic (exact) mass is 203 g/mol. The van der Waals surface area contributed by atoms with Crippen molar-refractivity contribution in [3.63, 3.8) is 0 Å². The second-order valence-electron chi connectivity index (χ2n) is 3.59. The summed E-state index contributed by atoms with van der Waals surface area (Å²) in [5.41, 5.74) is 0. The molecule has 0 heterocycles. The molecular formula is C10H18ClNO. The molecule has 0 spiro atoms. The maximum absolute atomic E-state index is 11.8. The van der Waals surface area contributed by atoms with Gasteiger partial charge in [-0.3, -0.25) is 4.79 Å². The Kier molecular flexibility index (Phi) is 4.57. The summed E-state index contributed by atoms with van der Waals surface area (Å²) in [5.74, 6) is 1.16. The SMILES string of the molecule is CCN(CCCl)C(=O)C1CCCC1. The van der Waals surface area contributed by atoms with Gasteiger partial charge in [0.2, 0.25) is 5.91 Å². The van der Waals surface area contributed by atoms with Crippen LogP contribution in [0.1, 0.15) is 32.6 Å². The van der Waals surface area contributed by atoms with Crippen molar-refractivity contribution in [1.29, 1.82) is 0 Å². The number of nitrogens with zero attached hydrogens (tertiary/aromatic N) is 1. The fourth-order valence-electron chi connectivity index (χ4n) is 1.96. The van der Waals surface area contributed by atoms with Crippen LogP contribution in [0, 0.1) is 5.92 Å². The highest BCUT2D eigenvalue weighted by Gasteiger charge is 2.25. The minimum Gasteiger partial charge on any atom is -0.342 e. The average molecular weight is 204 g/mol.